The standard InChI is InChI=1S/C21H28N6O3/c1-21(4-5-21)30-14-2-3-16(22)15(10-14)20(23)17-11-18(25-13-24-17)26-6-8-27(9-7-26)19(29)12-28/h2-3,10-11,13,19,23,28-29H,4-9,12,22H2,1H3. The average Bonchev–Trinajstić information content (AvgIpc) is 3.50. The van der Waals surface area contributed by atoms with Gasteiger partial charge in [0.25, 0.3) is 0 Å². The van der Waals surface area contributed by atoms with Crippen molar-refractivity contribution in [2.45, 2.75) is 31.6 Å². The largest absolute Gasteiger partial charge is 0.488 e. The highest BCUT2D eigenvalue weighted by Crippen LogP contribution is 2.40. The first kappa shape index (κ1) is 20.5. The molecule has 30 heavy (non-hydrogen) atoms. The van der Waals surface area contributed by atoms with Crippen molar-refractivity contribution >= 4 is 17.2 Å². The maximum Gasteiger partial charge on any atom is 0.132 e. The number of rotatable bonds is 7. The molecule has 1 atom stereocenters. The zero-order chi connectivity index (χ0) is 21.3. The van der Waals surface area contributed by atoms with E-state index in [9.17, 15) is 5.11 Å². The number of nitrogen functional groups attached to an aromatic ring is 1. The van der Waals surface area contributed by atoms with Crippen LogP contribution in [0.2, 0.25) is 0 Å². The number of ether oxygens (including phenoxy) is 1. The SMILES string of the molecule is CC1(Oc2ccc(N)c(C(=N)c3cc(N4CCN(C(O)CO)CC4)ncn3)c2)CC1. The second kappa shape index (κ2) is 8.17. The van der Waals surface area contributed by atoms with Crippen molar-refractivity contribution in [1.82, 2.24) is 14.9 Å². The van der Waals surface area contributed by atoms with Gasteiger partial charge in [-0.25, -0.2) is 9.97 Å². The second-order valence-electron chi connectivity index (χ2n) is 8.12. The van der Waals surface area contributed by atoms with Gasteiger partial charge >= 0.3 is 0 Å². The lowest BCUT2D eigenvalue weighted by Crippen LogP contribution is -2.51. The molecule has 9 nitrogen and oxygen atoms in total. The number of hydrogen-bond donors (Lipinski definition) is 4. The van der Waals surface area contributed by atoms with E-state index in [1.54, 1.807) is 18.2 Å². The highest BCUT2D eigenvalue weighted by Gasteiger charge is 2.40. The molecule has 1 aromatic carbocycles. The molecule has 2 fully saturated rings. The molecular weight excluding hydrogens is 384 g/mol. The van der Waals surface area contributed by atoms with Gasteiger partial charge in [0.2, 0.25) is 0 Å². The minimum atomic E-state index is -0.836. The summed E-state index contributed by atoms with van der Waals surface area (Å²) in [5.74, 6) is 1.43. The predicted molar refractivity (Wildman–Crippen MR) is 114 cm³/mol. The van der Waals surface area contributed by atoms with Gasteiger partial charge in [-0.05, 0) is 38.0 Å². The molecule has 2 aromatic rings. The van der Waals surface area contributed by atoms with Gasteiger partial charge in [0.05, 0.1) is 18.0 Å². The van der Waals surface area contributed by atoms with Gasteiger partial charge in [-0.15, -0.1) is 0 Å². The molecule has 0 amide bonds. The Morgan fingerprint density at radius 2 is 1.97 bits per heavy atom. The van der Waals surface area contributed by atoms with E-state index >= 15 is 0 Å². The summed E-state index contributed by atoms with van der Waals surface area (Å²) in [4.78, 5) is 12.5. The number of anilines is 2. The Kier molecular flexibility index (Phi) is 5.59. The van der Waals surface area contributed by atoms with E-state index in [1.807, 2.05) is 11.0 Å². The first-order valence-electron chi connectivity index (χ1n) is 10.2. The number of hydrogen-bond acceptors (Lipinski definition) is 9. The number of aliphatic hydroxyl groups excluding tert-OH is 2. The Balaban J connectivity index is 1.50. The quantitative estimate of drug-likeness (QED) is 0.389. The van der Waals surface area contributed by atoms with E-state index in [1.165, 1.54) is 6.33 Å². The van der Waals surface area contributed by atoms with E-state index in [0.29, 0.717) is 48.9 Å². The molecule has 5 N–H and O–H groups in total. The van der Waals surface area contributed by atoms with Crippen molar-refractivity contribution in [2.75, 3.05) is 43.4 Å². The number of piperazine rings is 1. The van der Waals surface area contributed by atoms with Crippen LogP contribution in [0.4, 0.5) is 11.5 Å². The zero-order valence-corrected chi connectivity index (χ0v) is 17.1. The lowest BCUT2D eigenvalue weighted by molar-refractivity contribution is -0.0370. The highest BCUT2D eigenvalue weighted by molar-refractivity contribution is 6.13. The van der Waals surface area contributed by atoms with Crippen LogP contribution in [0.15, 0.2) is 30.6 Å². The molecule has 2 heterocycles. The van der Waals surface area contributed by atoms with Crippen LogP contribution in [0.25, 0.3) is 0 Å². The minimum absolute atomic E-state index is 0.108. The molecule has 0 spiro atoms. The molecule has 4 rings (SSSR count). The molecule has 1 aliphatic carbocycles. The maximum atomic E-state index is 9.79. The molecule has 1 saturated heterocycles. The van der Waals surface area contributed by atoms with Crippen molar-refractivity contribution < 1.29 is 14.9 Å². The molecule has 2 aliphatic rings. The van der Waals surface area contributed by atoms with Crippen molar-refractivity contribution in [3.8, 4) is 5.75 Å². The number of nitrogens with one attached hydrogen (secondary N) is 1. The monoisotopic (exact) mass is 412 g/mol. The van der Waals surface area contributed by atoms with Crippen LogP contribution in [-0.4, -0.2) is 75.4 Å². The van der Waals surface area contributed by atoms with Gasteiger partial charge < -0.3 is 25.6 Å². The zero-order valence-electron chi connectivity index (χ0n) is 17.1. The lowest BCUT2D eigenvalue weighted by Gasteiger charge is -2.37. The van der Waals surface area contributed by atoms with Crippen LogP contribution in [0.3, 0.4) is 0 Å². The number of benzene rings is 1. The Morgan fingerprint density at radius 3 is 2.63 bits per heavy atom. The van der Waals surface area contributed by atoms with Crippen LogP contribution in [0.5, 0.6) is 5.75 Å². The third-order valence-electron chi connectivity index (χ3n) is 5.74. The van der Waals surface area contributed by atoms with E-state index in [2.05, 4.69) is 21.8 Å². The summed E-state index contributed by atoms with van der Waals surface area (Å²) in [7, 11) is 0. The van der Waals surface area contributed by atoms with E-state index in [0.717, 1.165) is 18.7 Å². The molecular formula is C21H28N6O3. The number of nitrogens with two attached hydrogens (primary N) is 1. The topological polar surface area (TPSA) is 132 Å². The second-order valence-corrected chi connectivity index (χ2v) is 8.12. The number of aromatic nitrogens is 2. The summed E-state index contributed by atoms with van der Waals surface area (Å²) in [6, 6.07) is 7.19. The Hall–Kier alpha value is -2.75. The summed E-state index contributed by atoms with van der Waals surface area (Å²) >= 11 is 0. The molecule has 160 valence electrons. The third kappa shape index (κ3) is 4.38. The molecule has 1 aromatic heterocycles. The molecule has 1 aliphatic heterocycles. The Labute approximate surface area is 175 Å². The maximum absolute atomic E-state index is 9.79. The van der Waals surface area contributed by atoms with Crippen molar-refractivity contribution in [2.24, 2.45) is 0 Å². The summed E-state index contributed by atoms with van der Waals surface area (Å²) in [5.41, 5.74) is 7.82. The molecule has 0 radical (unpaired) electrons. The van der Waals surface area contributed by atoms with E-state index in [4.69, 9.17) is 21.0 Å². The summed E-state index contributed by atoms with van der Waals surface area (Å²) in [6.07, 6.45) is 2.68. The van der Waals surface area contributed by atoms with Gasteiger partial charge in [0.1, 0.15) is 29.7 Å². The number of aliphatic hydroxyl groups is 2. The van der Waals surface area contributed by atoms with Gasteiger partial charge in [-0.2, -0.15) is 0 Å². The van der Waals surface area contributed by atoms with E-state index < -0.39 is 6.23 Å². The van der Waals surface area contributed by atoms with Crippen molar-refractivity contribution in [3.63, 3.8) is 0 Å². The summed E-state index contributed by atoms with van der Waals surface area (Å²) < 4.78 is 6.02. The van der Waals surface area contributed by atoms with Gasteiger partial charge in [0.15, 0.2) is 0 Å². The minimum Gasteiger partial charge on any atom is -0.488 e. The lowest BCUT2D eigenvalue weighted by atomic mass is 10.0. The first-order chi connectivity index (χ1) is 14.4. The van der Waals surface area contributed by atoms with Gasteiger partial charge in [-0.3, -0.25) is 10.3 Å². The van der Waals surface area contributed by atoms with Gasteiger partial charge in [-0.1, -0.05) is 0 Å². The Bertz CT molecular complexity index is 925. The van der Waals surface area contributed by atoms with E-state index in [-0.39, 0.29) is 17.9 Å². The Morgan fingerprint density at radius 1 is 1.23 bits per heavy atom. The van der Waals surface area contributed by atoms with Gasteiger partial charge in [0, 0.05) is 43.5 Å². The van der Waals surface area contributed by atoms with Crippen molar-refractivity contribution in [1.29, 1.82) is 5.41 Å². The smallest absolute Gasteiger partial charge is 0.132 e. The average molecular weight is 412 g/mol. The fraction of sp³-hybridized carbons (Fsp3) is 0.476. The summed E-state index contributed by atoms with van der Waals surface area (Å²) in [6.45, 7) is 4.34. The fourth-order valence-corrected chi connectivity index (χ4v) is 3.54. The normalized spacial score (nSPS) is 19.4. The predicted octanol–water partition coefficient (Wildman–Crippen LogP) is 0.839. The van der Waals surface area contributed by atoms with Crippen LogP contribution >= 0.6 is 0 Å². The molecule has 1 saturated carbocycles. The molecule has 0 bridgehead atoms. The molecule has 9 heteroatoms. The van der Waals surface area contributed by atoms with Crippen LogP contribution in [0.1, 0.15) is 31.0 Å². The third-order valence-corrected chi connectivity index (χ3v) is 5.74. The molecule has 1 unspecified atom stereocenters. The summed E-state index contributed by atoms with van der Waals surface area (Å²) in [5, 5.41) is 27.6. The highest BCUT2D eigenvalue weighted by atomic mass is 16.5. The van der Waals surface area contributed by atoms with Crippen LogP contribution in [0, 0.1) is 5.41 Å². The number of nitrogens with zero attached hydrogens (tertiary/aromatic N) is 4. The fourth-order valence-electron chi connectivity index (χ4n) is 3.54. The van der Waals surface area contributed by atoms with Crippen LogP contribution in [-0.2, 0) is 0 Å². The van der Waals surface area contributed by atoms with Crippen LogP contribution < -0.4 is 15.4 Å². The first-order valence-corrected chi connectivity index (χ1v) is 10.2. The van der Waals surface area contributed by atoms with Crippen molar-refractivity contribution in [3.05, 3.63) is 41.9 Å².